The number of aromatic carboxylic acids is 1. The van der Waals surface area contributed by atoms with E-state index >= 15 is 0 Å². The number of aromatic nitrogens is 1. The van der Waals surface area contributed by atoms with E-state index in [0.29, 0.717) is 23.9 Å². The lowest BCUT2D eigenvalue weighted by molar-refractivity contribution is 0.0497. The third-order valence-corrected chi connectivity index (χ3v) is 3.19. The molecule has 88 valence electrons. The van der Waals surface area contributed by atoms with Crippen LogP contribution in [0.15, 0.2) is 0 Å². The highest BCUT2D eigenvalue weighted by Crippen LogP contribution is 2.24. The van der Waals surface area contributed by atoms with E-state index in [1.54, 1.807) is 6.92 Å². The molecule has 1 fully saturated rings. The number of ether oxygens (including phenoxy) is 1. The molecule has 1 aromatic heterocycles. The first kappa shape index (κ1) is 11.3. The predicted molar refractivity (Wildman–Crippen MR) is 59.8 cm³/mol. The molecule has 0 atom stereocenters. The van der Waals surface area contributed by atoms with Gasteiger partial charge in [0.1, 0.15) is 10.6 Å². The summed E-state index contributed by atoms with van der Waals surface area (Å²) in [5.74, 6) is -0.943. The molecule has 1 aliphatic heterocycles. The van der Waals surface area contributed by atoms with E-state index in [0.717, 1.165) is 13.1 Å². The summed E-state index contributed by atoms with van der Waals surface area (Å²) in [4.78, 5) is 11.0. The van der Waals surface area contributed by atoms with E-state index in [4.69, 9.17) is 9.84 Å². The van der Waals surface area contributed by atoms with Gasteiger partial charge in [-0.15, -0.1) is 0 Å². The smallest absolute Gasteiger partial charge is 0.340 e. The first-order valence-corrected chi connectivity index (χ1v) is 5.74. The molecule has 0 spiro atoms. The number of rotatable bonds is 3. The zero-order chi connectivity index (χ0) is 11.5. The molecule has 2 heterocycles. The third kappa shape index (κ3) is 2.31. The van der Waals surface area contributed by atoms with Gasteiger partial charge in [-0.3, -0.25) is 0 Å². The number of carboxylic acids is 1. The highest BCUT2D eigenvalue weighted by atomic mass is 32.1. The minimum atomic E-state index is -0.943. The Hall–Kier alpha value is -1.18. The standard InChI is InChI=1S/C9H13N3O3S/c1-6-7(9(13)14)8(16-11-6)10-12-2-4-15-5-3-12/h10H,2-5H2,1H3,(H,13,14). The fourth-order valence-electron chi connectivity index (χ4n) is 1.52. The van der Waals surface area contributed by atoms with Crippen LogP contribution < -0.4 is 5.43 Å². The predicted octanol–water partition coefficient (Wildman–Crippen LogP) is 0.809. The van der Waals surface area contributed by atoms with Gasteiger partial charge in [0.15, 0.2) is 0 Å². The average Bonchev–Trinajstić information content (AvgIpc) is 2.61. The first-order valence-electron chi connectivity index (χ1n) is 4.97. The second-order valence-electron chi connectivity index (χ2n) is 3.49. The number of hydrogen-bond donors (Lipinski definition) is 2. The van der Waals surface area contributed by atoms with Crippen molar-refractivity contribution in [2.75, 3.05) is 31.7 Å². The van der Waals surface area contributed by atoms with Gasteiger partial charge in [0.2, 0.25) is 0 Å². The molecule has 0 radical (unpaired) electrons. The van der Waals surface area contributed by atoms with Crippen molar-refractivity contribution in [2.45, 2.75) is 6.92 Å². The maximum absolute atomic E-state index is 11.0. The monoisotopic (exact) mass is 243 g/mol. The number of nitrogens with one attached hydrogen (secondary N) is 1. The normalized spacial score (nSPS) is 17.3. The highest BCUT2D eigenvalue weighted by molar-refractivity contribution is 7.10. The molecule has 0 saturated carbocycles. The second-order valence-corrected chi connectivity index (χ2v) is 4.26. The molecule has 0 aliphatic carbocycles. The molecule has 0 unspecified atom stereocenters. The molecule has 1 saturated heterocycles. The van der Waals surface area contributed by atoms with Gasteiger partial charge in [0, 0.05) is 13.1 Å². The summed E-state index contributed by atoms with van der Waals surface area (Å²) in [5.41, 5.74) is 3.89. The lowest BCUT2D eigenvalue weighted by Gasteiger charge is -2.27. The summed E-state index contributed by atoms with van der Waals surface area (Å²) in [6, 6.07) is 0. The van der Waals surface area contributed by atoms with Crippen LogP contribution in [-0.2, 0) is 4.74 Å². The van der Waals surface area contributed by atoms with E-state index in [2.05, 4.69) is 9.80 Å². The molecule has 1 aliphatic rings. The van der Waals surface area contributed by atoms with Crippen LogP contribution in [0.25, 0.3) is 0 Å². The van der Waals surface area contributed by atoms with Crippen LogP contribution in [0, 0.1) is 6.92 Å². The van der Waals surface area contributed by atoms with Gasteiger partial charge in [-0.1, -0.05) is 0 Å². The van der Waals surface area contributed by atoms with Gasteiger partial charge < -0.3 is 15.3 Å². The quantitative estimate of drug-likeness (QED) is 0.818. The van der Waals surface area contributed by atoms with Gasteiger partial charge >= 0.3 is 5.97 Å². The van der Waals surface area contributed by atoms with Crippen LogP contribution >= 0.6 is 11.5 Å². The Morgan fingerprint density at radius 2 is 2.25 bits per heavy atom. The lowest BCUT2D eigenvalue weighted by Crippen LogP contribution is -2.40. The van der Waals surface area contributed by atoms with E-state index in [-0.39, 0.29) is 5.56 Å². The van der Waals surface area contributed by atoms with Crippen molar-refractivity contribution in [1.82, 2.24) is 9.38 Å². The third-order valence-electron chi connectivity index (χ3n) is 2.35. The summed E-state index contributed by atoms with van der Waals surface area (Å²) in [6.45, 7) is 4.51. The van der Waals surface area contributed by atoms with Gasteiger partial charge in [-0.05, 0) is 18.5 Å². The van der Waals surface area contributed by atoms with Crippen LogP contribution in [0.2, 0.25) is 0 Å². The van der Waals surface area contributed by atoms with Crippen molar-refractivity contribution in [2.24, 2.45) is 0 Å². The molecular weight excluding hydrogens is 230 g/mol. The zero-order valence-corrected chi connectivity index (χ0v) is 9.71. The number of hydrazine groups is 1. The van der Waals surface area contributed by atoms with Crippen molar-refractivity contribution < 1.29 is 14.6 Å². The van der Waals surface area contributed by atoms with Crippen molar-refractivity contribution in [1.29, 1.82) is 0 Å². The molecule has 2 N–H and O–H groups in total. The highest BCUT2D eigenvalue weighted by Gasteiger charge is 2.20. The van der Waals surface area contributed by atoms with E-state index in [9.17, 15) is 4.79 Å². The molecule has 1 aromatic rings. The molecule has 7 heteroatoms. The Morgan fingerprint density at radius 3 is 2.88 bits per heavy atom. The first-order chi connectivity index (χ1) is 7.68. The topological polar surface area (TPSA) is 74.7 Å². The SMILES string of the molecule is Cc1nsc(NN2CCOCC2)c1C(=O)O. The molecule has 0 amide bonds. The Morgan fingerprint density at radius 1 is 1.56 bits per heavy atom. The summed E-state index contributed by atoms with van der Waals surface area (Å²) in [5, 5.41) is 11.6. The average molecular weight is 243 g/mol. The molecule has 0 bridgehead atoms. The molecular formula is C9H13N3O3S. The van der Waals surface area contributed by atoms with Gasteiger partial charge in [-0.25, -0.2) is 9.80 Å². The number of carboxylic acid groups (broad SMARTS) is 1. The summed E-state index contributed by atoms with van der Waals surface area (Å²) in [6.07, 6.45) is 0. The second kappa shape index (κ2) is 4.77. The zero-order valence-electron chi connectivity index (χ0n) is 8.89. The number of morpholine rings is 1. The number of anilines is 1. The Kier molecular flexibility index (Phi) is 3.37. The van der Waals surface area contributed by atoms with Crippen LogP contribution in [-0.4, -0.2) is 46.8 Å². The lowest BCUT2D eigenvalue weighted by atomic mass is 10.2. The number of aryl methyl sites for hydroxylation is 1. The molecule has 2 rings (SSSR count). The number of hydrogen-bond acceptors (Lipinski definition) is 6. The van der Waals surface area contributed by atoms with E-state index in [1.807, 2.05) is 5.01 Å². The van der Waals surface area contributed by atoms with Crippen LogP contribution in [0.4, 0.5) is 5.00 Å². The van der Waals surface area contributed by atoms with Crippen molar-refractivity contribution in [3.8, 4) is 0 Å². The summed E-state index contributed by atoms with van der Waals surface area (Å²) < 4.78 is 9.25. The summed E-state index contributed by atoms with van der Waals surface area (Å²) >= 11 is 1.17. The van der Waals surface area contributed by atoms with Crippen LogP contribution in [0.3, 0.4) is 0 Å². The maximum Gasteiger partial charge on any atom is 0.340 e. The van der Waals surface area contributed by atoms with E-state index < -0.39 is 5.97 Å². The molecule has 0 aromatic carbocycles. The minimum absolute atomic E-state index is 0.261. The van der Waals surface area contributed by atoms with Gasteiger partial charge in [0.05, 0.1) is 18.9 Å². The Bertz CT molecular complexity index is 387. The molecule has 6 nitrogen and oxygen atoms in total. The van der Waals surface area contributed by atoms with Gasteiger partial charge in [0.25, 0.3) is 0 Å². The van der Waals surface area contributed by atoms with Crippen LogP contribution in [0.1, 0.15) is 16.1 Å². The fourth-order valence-corrected chi connectivity index (χ4v) is 2.33. The Balaban J connectivity index is 2.11. The number of carbonyl (C=O) groups is 1. The van der Waals surface area contributed by atoms with Gasteiger partial charge in [-0.2, -0.15) is 4.37 Å². The van der Waals surface area contributed by atoms with Crippen LogP contribution in [0.5, 0.6) is 0 Å². The number of nitrogens with zero attached hydrogens (tertiary/aromatic N) is 2. The minimum Gasteiger partial charge on any atom is -0.478 e. The van der Waals surface area contributed by atoms with Crippen molar-refractivity contribution in [3.63, 3.8) is 0 Å². The Labute approximate surface area is 97.0 Å². The van der Waals surface area contributed by atoms with E-state index in [1.165, 1.54) is 11.5 Å². The fraction of sp³-hybridized carbons (Fsp3) is 0.556. The summed E-state index contributed by atoms with van der Waals surface area (Å²) in [7, 11) is 0. The maximum atomic E-state index is 11.0. The molecule has 16 heavy (non-hydrogen) atoms. The van der Waals surface area contributed by atoms with Crippen molar-refractivity contribution >= 4 is 22.5 Å². The van der Waals surface area contributed by atoms with Crippen molar-refractivity contribution in [3.05, 3.63) is 11.3 Å². The largest absolute Gasteiger partial charge is 0.478 e.